The Morgan fingerprint density at radius 1 is 0.929 bits per heavy atom. The van der Waals surface area contributed by atoms with Crippen LogP contribution in [0.15, 0.2) is 77.4 Å². The number of benzene rings is 3. The van der Waals surface area contributed by atoms with Crippen molar-refractivity contribution < 1.29 is 42.8 Å². The van der Waals surface area contributed by atoms with E-state index in [4.69, 9.17) is 9.72 Å². The number of aryl methyl sites for hydroxylation is 3. The minimum absolute atomic E-state index is 0.0242. The zero-order valence-electron chi connectivity index (χ0n) is 29.7. The highest BCUT2D eigenvalue weighted by Crippen LogP contribution is 2.60. The highest BCUT2D eigenvalue weighted by Gasteiger charge is 2.55. The molecule has 0 amide bonds. The van der Waals surface area contributed by atoms with Crippen LogP contribution in [0.1, 0.15) is 45.4 Å². The molecule has 3 aromatic carbocycles. The van der Waals surface area contributed by atoms with Crippen molar-refractivity contribution in [2.75, 3.05) is 0 Å². The number of phenolic OH excluding ortho intramolecular Hbond substituents is 2. The Bertz CT molecular complexity index is 2930. The topological polar surface area (TPSA) is 178 Å². The molecule has 0 unspecified atom stereocenters. The fourth-order valence-corrected chi connectivity index (χ4v) is 7.73. The summed E-state index contributed by atoms with van der Waals surface area (Å²) in [6.07, 6.45) is -1.04. The molecule has 9 rings (SSSR count). The Morgan fingerprint density at radius 3 is 2.43 bits per heavy atom. The van der Waals surface area contributed by atoms with E-state index in [1.807, 2.05) is 30.5 Å². The molecule has 5 heterocycles. The molecule has 0 radical (unpaired) electrons. The van der Waals surface area contributed by atoms with Crippen molar-refractivity contribution in [3.05, 3.63) is 117 Å². The highest BCUT2D eigenvalue weighted by molar-refractivity contribution is 6.14. The summed E-state index contributed by atoms with van der Waals surface area (Å²) in [4.78, 5) is 39.7. The first-order valence-corrected chi connectivity index (χ1v) is 17.3. The van der Waals surface area contributed by atoms with E-state index in [0.29, 0.717) is 17.8 Å². The second-order valence-corrected chi connectivity index (χ2v) is 13.8. The molecular formula is C40H29F3N6O7. The van der Waals surface area contributed by atoms with Crippen molar-refractivity contribution >= 4 is 33.8 Å². The Hall–Kier alpha value is -7.10. The number of carbonyl (C=O) groups excluding carboxylic acids is 1. The number of aromatic hydroxyl groups is 3. The lowest BCUT2D eigenvalue weighted by Gasteiger charge is -2.27. The van der Waals surface area contributed by atoms with E-state index in [-0.39, 0.29) is 68.5 Å². The van der Waals surface area contributed by atoms with Gasteiger partial charge in [-0.25, -0.2) is 14.5 Å². The van der Waals surface area contributed by atoms with Crippen LogP contribution in [0.4, 0.5) is 13.2 Å². The maximum absolute atomic E-state index is 14.6. The summed E-state index contributed by atoms with van der Waals surface area (Å²) in [7, 11) is 0. The molecule has 4 N–H and O–H groups in total. The summed E-state index contributed by atoms with van der Waals surface area (Å²) in [5.41, 5.74) is 0.967. The number of phenols is 2. The van der Waals surface area contributed by atoms with Crippen molar-refractivity contribution in [2.24, 2.45) is 0 Å². The number of ketones is 1. The molecule has 16 heteroatoms. The van der Waals surface area contributed by atoms with Gasteiger partial charge in [-0.3, -0.25) is 9.36 Å². The van der Waals surface area contributed by atoms with E-state index in [1.165, 1.54) is 40.4 Å². The third kappa shape index (κ3) is 5.05. The maximum atomic E-state index is 14.6. The minimum atomic E-state index is -4.88. The smallest absolute Gasteiger partial charge is 0.507 e. The number of nitrogens with zero attached hydrogens (tertiary/aromatic N) is 5. The number of Topliss-reactive ketones (excluding diaryl/α,β-unsaturated/α-hetero) is 1. The van der Waals surface area contributed by atoms with Crippen LogP contribution in [0.3, 0.4) is 0 Å². The molecule has 1 aliphatic heterocycles. The number of aromatic amines is 1. The molecule has 1 atom stereocenters. The SMILES string of the molecule is Cc1nn(-c2ccc(OC(F)(F)F)cc2)c2c1C(=O)[C@@]1(C)C(=C2)Oc2c(-c3ccc4c(O)nc(=O)n(CCc5c[nH]c6ccccc56)c4n3)c(O)c(C)c(O)c21. The van der Waals surface area contributed by atoms with E-state index in [1.54, 1.807) is 19.9 Å². The van der Waals surface area contributed by atoms with Crippen molar-refractivity contribution in [3.8, 4) is 45.8 Å². The number of nitrogens with one attached hydrogen (secondary N) is 1. The third-order valence-corrected chi connectivity index (χ3v) is 10.5. The molecule has 0 bridgehead atoms. The van der Waals surface area contributed by atoms with Gasteiger partial charge in [0.05, 0.1) is 44.8 Å². The Kier molecular flexibility index (Phi) is 7.39. The fourth-order valence-electron chi connectivity index (χ4n) is 7.73. The standard InChI is InChI=1S/C40H29F3N6O7/c1-18-32(50)30(26-13-12-24-36(45-26)48(38(54)46-37(24)53)15-14-20-17-44-25-7-5-4-6-23(20)25)34-31(33(18)51)39(3)28(55-34)16-27-29(35(39)52)19(2)47-49(27)21-8-10-22(11-9-21)56-40(41,42)43/h4-13,16-17,44,50-51H,14-15H2,1-3H3,(H,46,53,54)/t39-/m0/s1. The average Bonchev–Trinajstić information content (AvgIpc) is 3.82. The van der Waals surface area contributed by atoms with E-state index in [9.17, 15) is 38.1 Å². The first-order valence-electron chi connectivity index (χ1n) is 17.3. The van der Waals surface area contributed by atoms with E-state index < -0.39 is 40.6 Å². The molecule has 4 aromatic heterocycles. The zero-order chi connectivity index (χ0) is 39.4. The molecular weight excluding hydrogens is 733 g/mol. The Labute approximate surface area is 313 Å². The molecule has 13 nitrogen and oxygen atoms in total. The predicted molar refractivity (Wildman–Crippen MR) is 196 cm³/mol. The van der Waals surface area contributed by atoms with Crippen molar-refractivity contribution in [1.29, 1.82) is 0 Å². The van der Waals surface area contributed by atoms with Gasteiger partial charge in [0.25, 0.3) is 0 Å². The largest absolute Gasteiger partial charge is 0.573 e. The van der Waals surface area contributed by atoms with Crippen LogP contribution in [0, 0.1) is 13.8 Å². The van der Waals surface area contributed by atoms with Gasteiger partial charge in [-0.2, -0.15) is 10.1 Å². The van der Waals surface area contributed by atoms with E-state index in [0.717, 1.165) is 28.6 Å². The predicted octanol–water partition coefficient (Wildman–Crippen LogP) is 6.89. The third-order valence-electron chi connectivity index (χ3n) is 10.5. The number of ether oxygens (including phenoxy) is 2. The minimum Gasteiger partial charge on any atom is -0.507 e. The number of H-pyrrole nitrogens is 1. The van der Waals surface area contributed by atoms with Crippen LogP contribution >= 0.6 is 0 Å². The van der Waals surface area contributed by atoms with Gasteiger partial charge in [0.1, 0.15) is 39.8 Å². The fraction of sp³-hybridized carbons (Fsp3) is 0.175. The Morgan fingerprint density at radius 2 is 1.68 bits per heavy atom. The lowest BCUT2D eigenvalue weighted by atomic mass is 9.71. The highest BCUT2D eigenvalue weighted by atomic mass is 19.4. The number of halogens is 3. The summed E-state index contributed by atoms with van der Waals surface area (Å²) in [5.74, 6) is -2.19. The first kappa shape index (κ1) is 34.7. The number of carbonyl (C=O) groups is 1. The number of aromatic nitrogens is 6. The van der Waals surface area contributed by atoms with Crippen LogP contribution in [-0.2, 0) is 18.4 Å². The van der Waals surface area contributed by atoms with Crippen LogP contribution in [-0.4, -0.2) is 56.8 Å². The number of allylic oxidation sites excluding steroid dienone is 1. The Balaban J connectivity index is 1.16. The van der Waals surface area contributed by atoms with Gasteiger partial charge in [-0.1, -0.05) is 18.2 Å². The molecule has 282 valence electrons. The summed E-state index contributed by atoms with van der Waals surface area (Å²) in [6.45, 7) is 4.81. The summed E-state index contributed by atoms with van der Waals surface area (Å²) in [5, 5.41) is 39.6. The number of fused-ring (bicyclic) bond motifs is 6. The van der Waals surface area contributed by atoms with Gasteiger partial charge < -0.3 is 29.8 Å². The lowest BCUT2D eigenvalue weighted by molar-refractivity contribution is -0.274. The summed E-state index contributed by atoms with van der Waals surface area (Å²) in [6, 6.07) is 15.7. The van der Waals surface area contributed by atoms with Gasteiger partial charge in [0.2, 0.25) is 5.88 Å². The average molecular weight is 763 g/mol. The van der Waals surface area contributed by atoms with Crippen LogP contribution < -0.4 is 15.2 Å². The quantitative estimate of drug-likeness (QED) is 0.140. The summed E-state index contributed by atoms with van der Waals surface area (Å²) >= 11 is 0. The first-order chi connectivity index (χ1) is 26.7. The molecule has 56 heavy (non-hydrogen) atoms. The monoisotopic (exact) mass is 762 g/mol. The molecule has 7 aromatic rings. The number of pyridine rings is 1. The number of hydrogen-bond donors (Lipinski definition) is 4. The molecule has 0 spiro atoms. The molecule has 0 saturated carbocycles. The van der Waals surface area contributed by atoms with Gasteiger partial charge >= 0.3 is 12.1 Å². The summed E-state index contributed by atoms with van der Waals surface area (Å²) < 4.78 is 51.5. The van der Waals surface area contributed by atoms with Crippen LogP contribution in [0.5, 0.6) is 28.9 Å². The van der Waals surface area contributed by atoms with Gasteiger partial charge in [0.15, 0.2) is 5.78 Å². The van der Waals surface area contributed by atoms with Gasteiger partial charge in [-0.15, -0.1) is 13.2 Å². The van der Waals surface area contributed by atoms with E-state index in [2.05, 4.69) is 19.8 Å². The number of hydrogen-bond acceptors (Lipinski definition) is 10. The lowest BCUT2D eigenvalue weighted by Crippen LogP contribution is -2.36. The van der Waals surface area contributed by atoms with Gasteiger partial charge in [0, 0.05) is 35.3 Å². The maximum Gasteiger partial charge on any atom is 0.573 e. The van der Waals surface area contributed by atoms with Crippen molar-refractivity contribution in [3.63, 3.8) is 0 Å². The van der Waals surface area contributed by atoms with Crippen LogP contribution in [0.2, 0.25) is 0 Å². The van der Waals surface area contributed by atoms with Crippen molar-refractivity contribution in [1.82, 2.24) is 29.3 Å². The number of rotatable bonds is 6. The van der Waals surface area contributed by atoms with Crippen LogP contribution in [0.25, 0.3) is 45.0 Å². The normalized spacial score (nSPS) is 16.1. The second-order valence-electron chi connectivity index (χ2n) is 13.8. The molecule has 0 fully saturated rings. The van der Waals surface area contributed by atoms with E-state index >= 15 is 0 Å². The molecule has 0 saturated heterocycles. The zero-order valence-corrected chi connectivity index (χ0v) is 29.7. The number of alkyl halides is 3. The molecule has 1 aliphatic carbocycles. The number of para-hydroxylation sites is 1. The molecule has 2 aliphatic rings. The van der Waals surface area contributed by atoms with Gasteiger partial charge in [-0.05, 0) is 75.2 Å². The van der Waals surface area contributed by atoms with Crippen molar-refractivity contribution in [2.45, 2.75) is 45.5 Å². The second kappa shape index (κ2) is 11.9.